The minimum Gasteiger partial charge on any atom is -0.496 e. The lowest BCUT2D eigenvalue weighted by Crippen LogP contribution is -2.47. The Morgan fingerprint density at radius 2 is 2.13 bits per heavy atom. The minimum atomic E-state index is -0.441. The van der Waals surface area contributed by atoms with E-state index in [2.05, 4.69) is 11.4 Å². The summed E-state index contributed by atoms with van der Waals surface area (Å²) in [6.45, 7) is 4.01. The maximum absolute atomic E-state index is 12.1. The molecule has 0 aliphatic carbocycles. The number of carbonyl (C=O) groups excluding carboxylic acids is 1. The van der Waals surface area contributed by atoms with Crippen molar-refractivity contribution in [3.8, 4) is 5.75 Å². The van der Waals surface area contributed by atoms with Crippen molar-refractivity contribution in [2.24, 2.45) is 11.7 Å². The van der Waals surface area contributed by atoms with Crippen LogP contribution in [0.5, 0.6) is 5.75 Å². The van der Waals surface area contributed by atoms with Crippen LogP contribution < -0.4 is 15.8 Å². The molecular weight excluding hydrogens is 316 g/mol. The number of nitrogens with one attached hydrogen (secondary N) is 1. The van der Waals surface area contributed by atoms with Crippen LogP contribution in [0, 0.1) is 12.8 Å². The van der Waals surface area contributed by atoms with Gasteiger partial charge in [-0.15, -0.1) is 12.4 Å². The molecule has 1 fully saturated rings. The van der Waals surface area contributed by atoms with Crippen molar-refractivity contribution < 1.29 is 14.3 Å². The second kappa shape index (κ2) is 9.75. The number of methoxy groups -OCH3 is 1. The first-order chi connectivity index (χ1) is 10.6. The summed E-state index contributed by atoms with van der Waals surface area (Å²) in [5.41, 5.74) is 8.34. The Morgan fingerprint density at radius 3 is 2.78 bits per heavy atom. The summed E-state index contributed by atoms with van der Waals surface area (Å²) in [5, 5.41) is 2.94. The molecule has 1 aromatic carbocycles. The van der Waals surface area contributed by atoms with E-state index in [9.17, 15) is 4.79 Å². The Hall–Kier alpha value is -1.30. The van der Waals surface area contributed by atoms with Gasteiger partial charge in [-0.05, 0) is 43.7 Å². The van der Waals surface area contributed by atoms with Crippen molar-refractivity contribution in [1.29, 1.82) is 0 Å². The van der Waals surface area contributed by atoms with Gasteiger partial charge < -0.3 is 20.5 Å². The van der Waals surface area contributed by atoms with Gasteiger partial charge in [0.2, 0.25) is 5.91 Å². The van der Waals surface area contributed by atoms with Crippen LogP contribution in [0.3, 0.4) is 0 Å². The minimum absolute atomic E-state index is 0. The fourth-order valence-electron chi connectivity index (χ4n) is 2.83. The van der Waals surface area contributed by atoms with Gasteiger partial charge in [0.05, 0.1) is 13.2 Å². The molecule has 3 N–H and O–H groups in total. The number of amides is 1. The third-order valence-corrected chi connectivity index (χ3v) is 4.21. The first kappa shape index (κ1) is 19.7. The zero-order valence-electron chi connectivity index (χ0n) is 13.8. The summed E-state index contributed by atoms with van der Waals surface area (Å²) >= 11 is 0. The molecule has 0 spiro atoms. The second-order valence-corrected chi connectivity index (χ2v) is 5.83. The van der Waals surface area contributed by atoms with Crippen molar-refractivity contribution >= 4 is 18.3 Å². The number of ether oxygens (including phenoxy) is 2. The summed E-state index contributed by atoms with van der Waals surface area (Å²) < 4.78 is 10.7. The number of nitrogens with two attached hydrogens (primary N) is 1. The van der Waals surface area contributed by atoms with Crippen molar-refractivity contribution in [3.05, 3.63) is 29.3 Å². The van der Waals surface area contributed by atoms with Crippen LogP contribution >= 0.6 is 12.4 Å². The Labute approximate surface area is 144 Å². The van der Waals surface area contributed by atoms with E-state index in [-0.39, 0.29) is 24.2 Å². The summed E-state index contributed by atoms with van der Waals surface area (Å²) in [4.78, 5) is 12.1. The molecule has 0 aromatic heterocycles. The van der Waals surface area contributed by atoms with Gasteiger partial charge in [0.15, 0.2) is 0 Å². The highest BCUT2D eigenvalue weighted by atomic mass is 35.5. The smallest absolute Gasteiger partial charge is 0.237 e. The Kier molecular flexibility index (Phi) is 8.37. The van der Waals surface area contributed by atoms with E-state index in [1.54, 1.807) is 7.11 Å². The average Bonchev–Trinajstić information content (AvgIpc) is 2.55. The van der Waals surface area contributed by atoms with Crippen LogP contribution in [0.4, 0.5) is 0 Å². The van der Waals surface area contributed by atoms with E-state index in [1.807, 2.05) is 19.1 Å². The second-order valence-electron chi connectivity index (χ2n) is 5.83. The molecule has 1 aliphatic rings. The van der Waals surface area contributed by atoms with E-state index < -0.39 is 6.04 Å². The van der Waals surface area contributed by atoms with Crippen molar-refractivity contribution in [1.82, 2.24) is 5.32 Å². The number of hydrogen-bond donors (Lipinski definition) is 2. The molecule has 0 saturated carbocycles. The molecule has 130 valence electrons. The van der Waals surface area contributed by atoms with Crippen molar-refractivity contribution in [3.63, 3.8) is 0 Å². The summed E-state index contributed by atoms with van der Waals surface area (Å²) in [6.07, 6.45) is 2.46. The van der Waals surface area contributed by atoms with E-state index >= 15 is 0 Å². The Balaban J connectivity index is 0.00000264. The SMILES string of the molecule is COc1ccc(C)cc1CCNC(=O)C(N)C1CCOCC1.Cl. The summed E-state index contributed by atoms with van der Waals surface area (Å²) in [6, 6.07) is 5.62. The largest absolute Gasteiger partial charge is 0.496 e. The Morgan fingerprint density at radius 1 is 1.43 bits per heavy atom. The lowest BCUT2D eigenvalue weighted by atomic mass is 9.92. The summed E-state index contributed by atoms with van der Waals surface area (Å²) in [7, 11) is 1.66. The zero-order valence-corrected chi connectivity index (χ0v) is 14.7. The number of hydrogen-bond acceptors (Lipinski definition) is 4. The van der Waals surface area contributed by atoms with Gasteiger partial charge in [0.25, 0.3) is 0 Å². The highest BCUT2D eigenvalue weighted by Gasteiger charge is 2.26. The van der Waals surface area contributed by atoms with Crippen LogP contribution in [-0.4, -0.2) is 38.8 Å². The van der Waals surface area contributed by atoms with Crippen molar-refractivity contribution in [2.75, 3.05) is 26.9 Å². The molecule has 5 nitrogen and oxygen atoms in total. The number of rotatable bonds is 6. The monoisotopic (exact) mass is 342 g/mol. The molecular formula is C17H27ClN2O3. The van der Waals surface area contributed by atoms with Gasteiger partial charge in [-0.1, -0.05) is 17.7 Å². The van der Waals surface area contributed by atoms with Gasteiger partial charge >= 0.3 is 0 Å². The fourth-order valence-corrected chi connectivity index (χ4v) is 2.83. The lowest BCUT2D eigenvalue weighted by molar-refractivity contribution is -0.124. The molecule has 1 aromatic rings. The standard InChI is InChI=1S/C17H26N2O3.ClH/c1-12-3-4-15(21-2)14(11-12)5-8-19-17(20)16(18)13-6-9-22-10-7-13;/h3-4,11,13,16H,5-10,18H2,1-2H3,(H,19,20);1H. The molecule has 23 heavy (non-hydrogen) atoms. The lowest BCUT2D eigenvalue weighted by Gasteiger charge is -2.26. The molecule has 1 amide bonds. The molecule has 1 saturated heterocycles. The molecule has 0 radical (unpaired) electrons. The zero-order chi connectivity index (χ0) is 15.9. The topological polar surface area (TPSA) is 73.6 Å². The van der Waals surface area contributed by atoms with E-state index in [0.29, 0.717) is 19.8 Å². The average molecular weight is 343 g/mol. The van der Waals surface area contributed by atoms with Crippen LogP contribution in [0.2, 0.25) is 0 Å². The molecule has 1 aliphatic heterocycles. The van der Waals surface area contributed by atoms with Crippen LogP contribution in [0.15, 0.2) is 18.2 Å². The van der Waals surface area contributed by atoms with Gasteiger partial charge in [-0.25, -0.2) is 0 Å². The van der Waals surface area contributed by atoms with E-state index in [4.69, 9.17) is 15.2 Å². The van der Waals surface area contributed by atoms with Crippen LogP contribution in [-0.2, 0) is 16.0 Å². The fraction of sp³-hybridized carbons (Fsp3) is 0.588. The number of halogens is 1. The maximum atomic E-state index is 12.1. The van der Waals surface area contributed by atoms with Gasteiger partial charge in [0.1, 0.15) is 5.75 Å². The maximum Gasteiger partial charge on any atom is 0.237 e. The number of benzene rings is 1. The predicted octanol–water partition coefficient (Wildman–Crippen LogP) is 1.84. The number of aryl methyl sites for hydroxylation is 1. The quantitative estimate of drug-likeness (QED) is 0.827. The first-order valence-corrected chi connectivity index (χ1v) is 7.86. The molecule has 1 atom stereocenters. The normalized spacial score (nSPS) is 16.3. The third-order valence-electron chi connectivity index (χ3n) is 4.21. The highest BCUT2D eigenvalue weighted by molar-refractivity contribution is 5.85. The molecule has 1 heterocycles. The Bertz CT molecular complexity index is 505. The van der Waals surface area contributed by atoms with Crippen molar-refractivity contribution in [2.45, 2.75) is 32.2 Å². The summed E-state index contributed by atoms with van der Waals surface area (Å²) in [5.74, 6) is 1.01. The highest BCUT2D eigenvalue weighted by Crippen LogP contribution is 2.20. The predicted molar refractivity (Wildman–Crippen MR) is 93.2 cm³/mol. The van der Waals surface area contributed by atoms with Gasteiger partial charge in [0, 0.05) is 19.8 Å². The van der Waals surface area contributed by atoms with E-state index in [0.717, 1.165) is 30.6 Å². The number of carbonyl (C=O) groups is 1. The third kappa shape index (κ3) is 5.68. The van der Waals surface area contributed by atoms with Crippen LogP contribution in [0.1, 0.15) is 24.0 Å². The van der Waals surface area contributed by atoms with Gasteiger partial charge in [-0.3, -0.25) is 4.79 Å². The van der Waals surface area contributed by atoms with E-state index in [1.165, 1.54) is 5.56 Å². The molecule has 1 unspecified atom stereocenters. The first-order valence-electron chi connectivity index (χ1n) is 7.86. The van der Waals surface area contributed by atoms with Gasteiger partial charge in [-0.2, -0.15) is 0 Å². The molecule has 6 heteroatoms. The van der Waals surface area contributed by atoms with Crippen LogP contribution in [0.25, 0.3) is 0 Å². The molecule has 0 bridgehead atoms. The molecule has 2 rings (SSSR count).